The van der Waals surface area contributed by atoms with E-state index in [0.717, 1.165) is 16.3 Å². The van der Waals surface area contributed by atoms with Crippen LogP contribution in [0.5, 0.6) is 5.88 Å². The average Bonchev–Trinajstić information content (AvgIpc) is 3.61. The molecular formula is C24H29BrN6O5S. The van der Waals surface area contributed by atoms with E-state index in [0.29, 0.717) is 29.3 Å². The van der Waals surface area contributed by atoms with Gasteiger partial charge < -0.3 is 24.6 Å². The summed E-state index contributed by atoms with van der Waals surface area (Å²) in [6, 6.07) is 0.783. The summed E-state index contributed by atoms with van der Waals surface area (Å²) >= 11 is 4.78. The predicted octanol–water partition coefficient (Wildman–Crippen LogP) is 2.69. The van der Waals surface area contributed by atoms with Crippen LogP contribution in [0.3, 0.4) is 0 Å². The van der Waals surface area contributed by atoms with Gasteiger partial charge in [-0.15, -0.1) is 11.3 Å². The number of rotatable bonds is 10. The Bertz CT molecular complexity index is 1220. The molecule has 0 spiro atoms. The van der Waals surface area contributed by atoms with E-state index in [1.54, 1.807) is 24.0 Å². The molecular weight excluding hydrogens is 564 g/mol. The van der Waals surface area contributed by atoms with Gasteiger partial charge in [-0.1, -0.05) is 29.8 Å². The number of aromatic nitrogens is 4. The second-order valence-corrected chi connectivity index (χ2v) is 10.7. The Morgan fingerprint density at radius 2 is 2.14 bits per heavy atom. The fraction of sp³-hybridized carbons (Fsp3) is 0.500. The lowest BCUT2D eigenvalue weighted by Crippen LogP contribution is -2.48. The van der Waals surface area contributed by atoms with E-state index in [4.69, 9.17) is 9.26 Å². The molecule has 37 heavy (non-hydrogen) atoms. The van der Waals surface area contributed by atoms with Crippen LogP contribution in [0, 0.1) is 12.8 Å². The maximum absolute atomic E-state index is 13.6. The third kappa shape index (κ3) is 6.33. The number of hydrogen-bond donors (Lipinski definition) is 2. The fourth-order valence-corrected chi connectivity index (χ4v) is 5.18. The number of thiazole rings is 1. The highest BCUT2D eigenvalue weighted by molar-refractivity contribution is 9.09. The number of aliphatic hydroxyl groups is 1. The number of nitrogens with one attached hydrogen (secondary N) is 1. The Morgan fingerprint density at radius 3 is 2.78 bits per heavy atom. The normalized spacial score (nSPS) is 18.3. The fourth-order valence-electron chi connectivity index (χ4n) is 4.26. The van der Waals surface area contributed by atoms with Gasteiger partial charge in [0.25, 0.3) is 5.88 Å². The number of halogens is 1. The quantitative estimate of drug-likeness (QED) is 0.339. The summed E-state index contributed by atoms with van der Waals surface area (Å²) in [4.78, 5) is 42.1. The van der Waals surface area contributed by atoms with Crippen molar-refractivity contribution in [3.8, 4) is 16.5 Å². The summed E-state index contributed by atoms with van der Waals surface area (Å²) in [5.74, 6) is -0.836. The first-order valence-electron chi connectivity index (χ1n) is 11.9. The average molecular weight is 594 g/mol. The van der Waals surface area contributed by atoms with Crippen molar-refractivity contribution in [3.05, 3.63) is 41.1 Å². The van der Waals surface area contributed by atoms with Crippen molar-refractivity contribution in [2.24, 2.45) is 5.92 Å². The molecule has 1 saturated heterocycles. The molecule has 4 heterocycles. The highest BCUT2D eigenvalue weighted by atomic mass is 79.9. The number of likely N-dealkylation sites (tertiary alicyclic amines) is 1. The topological polar surface area (TPSA) is 144 Å². The summed E-state index contributed by atoms with van der Waals surface area (Å²) in [6.45, 7) is 6.30. The van der Waals surface area contributed by atoms with Crippen molar-refractivity contribution >= 4 is 39.1 Å². The molecule has 1 fully saturated rings. The number of carbonyl (C=O) groups excluding carboxylic acids is 2. The number of β-amino-alcohol motifs (C(OH)–C–C–N with tert-alkyl or cyclic N) is 1. The van der Waals surface area contributed by atoms with Gasteiger partial charge in [0.15, 0.2) is 5.76 Å². The Morgan fingerprint density at radius 1 is 1.32 bits per heavy atom. The van der Waals surface area contributed by atoms with Crippen molar-refractivity contribution in [1.82, 2.24) is 30.3 Å². The third-order valence-corrected chi connectivity index (χ3v) is 7.34. The molecule has 3 aromatic heterocycles. The largest absolute Gasteiger partial charge is 0.475 e. The first-order chi connectivity index (χ1) is 17.8. The molecule has 1 unspecified atom stereocenters. The predicted molar refractivity (Wildman–Crippen MR) is 139 cm³/mol. The molecule has 0 radical (unpaired) electrons. The van der Waals surface area contributed by atoms with Crippen molar-refractivity contribution < 1.29 is 24.0 Å². The van der Waals surface area contributed by atoms with Crippen molar-refractivity contribution in [2.75, 3.05) is 18.5 Å². The molecule has 0 aliphatic carbocycles. The zero-order chi connectivity index (χ0) is 26.5. The molecule has 198 valence electrons. The standard InChI is InChI=1S/C24H29BrN6O5S/c1-13(2)21(19-7-20(30-36-19)35-5-4-25)24(34)31-11-16(32)6-18(31)23(33)28-9-15-8-27-17(10-26-15)22-14(3)29-12-37-22/h7-8,10,12-13,16,18,21,32H,4-6,9,11H2,1-3H3,(H,28,33)/t16-,18+,21?/m1/s1. The molecule has 1 aliphatic rings. The minimum absolute atomic E-state index is 0.0594. The van der Waals surface area contributed by atoms with Crippen LogP contribution in [0.25, 0.3) is 10.6 Å². The maximum atomic E-state index is 13.6. The molecule has 1 aliphatic heterocycles. The Labute approximate surface area is 226 Å². The third-order valence-electron chi connectivity index (χ3n) is 6.07. The second-order valence-electron chi connectivity index (χ2n) is 9.10. The molecule has 4 rings (SSSR count). The number of carbonyl (C=O) groups is 2. The number of alkyl halides is 1. The summed E-state index contributed by atoms with van der Waals surface area (Å²) in [5.41, 5.74) is 3.94. The van der Waals surface area contributed by atoms with Crippen LogP contribution >= 0.6 is 27.3 Å². The Balaban J connectivity index is 1.42. The Hall–Kier alpha value is -2.90. The zero-order valence-corrected chi connectivity index (χ0v) is 23.2. The number of amides is 2. The van der Waals surface area contributed by atoms with Crippen LogP contribution < -0.4 is 10.1 Å². The van der Waals surface area contributed by atoms with Gasteiger partial charge in [0.2, 0.25) is 11.8 Å². The number of nitrogens with zero attached hydrogens (tertiary/aromatic N) is 5. The lowest BCUT2D eigenvalue weighted by molar-refractivity contribution is -0.141. The highest BCUT2D eigenvalue weighted by Crippen LogP contribution is 2.32. The van der Waals surface area contributed by atoms with Crippen molar-refractivity contribution in [2.45, 2.75) is 51.8 Å². The van der Waals surface area contributed by atoms with E-state index in [9.17, 15) is 14.7 Å². The first-order valence-corrected chi connectivity index (χ1v) is 13.9. The molecule has 11 nitrogen and oxygen atoms in total. The number of ether oxygens (including phenoxy) is 1. The van der Waals surface area contributed by atoms with Crippen molar-refractivity contribution in [3.63, 3.8) is 0 Å². The minimum Gasteiger partial charge on any atom is -0.475 e. The Kier molecular flexibility index (Phi) is 8.87. The number of hydrogen-bond acceptors (Lipinski definition) is 10. The molecule has 0 saturated carbocycles. The number of aliphatic hydroxyl groups excluding tert-OH is 1. The monoisotopic (exact) mass is 592 g/mol. The molecule has 2 amide bonds. The van der Waals surface area contributed by atoms with Gasteiger partial charge in [0.05, 0.1) is 53.4 Å². The smallest absolute Gasteiger partial charge is 0.254 e. The van der Waals surface area contributed by atoms with E-state index >= 15 is 0 Å². The van der Waals surface area contributed by atoms with Gasteiger partial charge in [-0.2, -0.15) is 0 Å². The van der Waals surface area contributed by atoms with Crippen molar-refractivity contribution in [1.29, 1.82) is 0 Å². The summed E-state index contributed by atoms with van der Waals surface area (Å²) in [6.07, 6.45) is 2.60. The van der Waals surface area contributed by atoms with Crippen LogP contribution in [-0.2, 0) is 16.1 Å². The summed E-state index contributed by atoms with van der Waals surface area (Å²) < 4.78 is 10.9. The highest BCUT2D eigenvalue weighted by Gasteiger charge is 2.43. The van der Waals surface area contributed by atoms with Gasteiger partial charge in [0, 0.05) is 24.4 Å². The molecule has 0 bridgehead atoms. The van der Waals surface area contributed by atoms with Gasteiger partial charge in [-0.3, -0.25) is 19.6 Å². The number of aryl methyl sites for hydroxylation is 1. The van der Waals surface area contributed by atoms with E-state index in [-0.39, 0.29) is 37.2 Å². The van der Waals surface area contributed by atoms with E-state index in [1.165, 1.54) is 16.2 Å². The van der Waals surface area contributed by atoms with Crippen LogP contribution in [-0.4, -0.2) is 72.6 Å². The molecule has 3 aromatic rings. The molecule has 2 N–H and O–H groups in total. The van der Waals surface area contributed by atoms with Gasteiger partial charge in [0.1, 0.15) is 17.7 Å². The van der Waals surface area contributed by atoms with E-state index in [2.05, 4.69) is 41.4 Å². The van der Waals surface area contributed by atoms with Gasteiger partial charge in [-0.05, 0) is 18.0 Å². The second kappa shape index (κ2) is 12.1. The summed E-state index contributed by atoms with van der Waals surface area (Å²) in [5, 5.41) is 17.7. The lowest BCUT2D eigenvalue weighted by Gasteiger charge is -2.28. The molecule has 13 heteroatoms. The van der Waals surface area contributed by atoms with Crippen LogP contribution in [0.15, 0.2) is 28.5 Å². The molecule has 0 aromatic carbocycles. The van der Waals surface area contributed by atoms with Crippen LogP contribution in [0.2, 0.25) is 0 Å². The molecule has 3 atom stereocenters. The lowest BCUT2D eigenvalue weighted by atomic mass is 9.91. The van der Waals surface area contributed by atoms with Gasteiger partial charge in [-0.25, -0.2) is 4.98 Å². The van der Waals surface area contributed by atoms with Crippen LogP contribution in [0.1, 0.15) is 43.3 Å². The van der Waals surface area contributed by atoms with Crippen LogP contribution in [0.4, 0.5) is 0 Å². The first kappa shape index (κ1) is 27.1. The minimum atomic E-state index is -0.817. The van der Waals surface area contributed by atoms with E-state index in [1.807, 2.05) is 20.8 Å². The SMILES string of the molecule is Cc1ncsc1-c1cnc(CNC(=O)[C@@H]2C[C@@H](O)CN2C(=O)C(c2cc(OCCBr)no2)C(C)C)cn1. The zero-order valence-electron chi connectivity index (χ0n) is 20.8. The van der Waals surface area contributed by atoms with Gasteiger partial charge >= 0.3 is 0 Å². The maximum Gasteiger partial charge on any atom is 0.254 e. The van der Waals surface area contributed by atoms with E-state index < -0.39 is 18.1 Å². The summed E-state index contributed by atoms with van der Waals surface area (Å²) in [7, 11) is 0.